The Labute approximate surface area is 167 Å². The molecule has 0 spiro atoms. The molecule has 1 aromatic carbocycles. The molecule has 1 amide bonds. The number of aromatic nitrogens is 4. The van der Waals surface area contributed by atoms with E-state index in [0.29, 0.717) is 30.0 Å². The second kappa shape index (κ2) is 9.15. The Balaban J connectivity index is 0.000000343. The number of aryl methyl sites for hydroxylation is 1. The maximum atomic E-state index is 12.1. The molecule has 1 unspecified atom stereocenters. The smallest absolute Gasteiger partial charge is 0.307 e. The van der Waals surface area contributed by atoms with Crippen LogP contribution < -0.4 is 5.32 Å². The Morgan fingerprint density at radius 3 is 2.72 bits per heavy atom. The zero-order chi connectivity index (χ0) is 20.6. The van der Waals surface area contributed by atoms with Gasteiger partial charge in [-0.15, -0.1) is 10.2 Å². The molecule has 1 fully saturated rings. The van der Waals surface area contributed by atoms with Gasteiger partial charge in [-0.3, -0.25) is 4.79 Å². The SMILES string of the molecule is Cn1cnnc1.N#Cc1cccc(-c2cnc(C(=O)NC3CCN(C#N)C3)o2)c1. The number of hydrogen-bond donors (Lipinski definition) is 1. The van der Waals surface area contributed by atoms with Crippen molar-refractivity contribution in [2.45, 2.75) is 12.5 Å². The quantitative estimate of drug-likeness (QED) is 0.661. The van der Waals surface area contributed by atoms with Crippen LogP contribution in [0.5, 0.6) is 0 Å². The fraction of sp³-hybridized carbons (Fsp3) is 0.263. The highest BCUT2D eigenvalue weighted by atomic mass is 16.4. The summed E-state index contributed by atoms with van der Waals surface area (Å²) >= 11 is 0. The Hall–Kier alpha value is -4.18. The number of oxazole rings is 1. The number of nitrogens with zero attached hydrogens (tertiary/aromatic N) is 7. The van der Waals surface area contributed by atoms with Crippen LogP contribution in [0, 0.1) is 22.8 Å². The van der Waals surface area contributed by atoms with Crippen molar-refractivity contribution in [1.82, 2.24) is 30.0 Å². The van der Waals surface area contributed by atoms with Gasteiger partial charge in [-0.1, -0.05) is 12.1 Å². The molecule has 4 rings (SSSR count). The van der Waals surface area contributed by atoms with E-state index in [2.05, 4.69) is 32.8 Å². The van der Waals surface area contributed by atoms with Crippen LogP contribution in [0.3, 0.4) is 0 Å². The first kappa shape index (κ1) is 19.6. The number of carbonyl (C=O) groups excluding carboxylic acids is 1. The minimum atomic E-state index is -0.405. The van der Waals surface area contributed by atoms with E-state index in [4.69, 9.17) is 14.9 Å². The third-order valence-corrected chi connectivity index (χ3v) is 4.18. The first-order valence-electron chi connectivity index (χ1n) is 8.79. The van der Waals surface area contributed by atoms with E-state index in [9.17, 15) is 4.79 Å². The number of rotatable bonds is 3. The largest absolute Gasteiger partial charge is 0.432 e. The predicted molar refractivity (Wildman–Crippen MR) is 101 cm³/mol. The average Bonchev–Trinajstić information content (AvgIpc) is 3.50. The van der Waals surface area contributed by atoms with Crippen molar-refractivity contribution in [3.05, 3.63) is 54.6 Å². The molecule has 0 radical (unpaired) electrons. The van der Waals surface area contributed by atoms with Crippen LogP contribution in [0.2, 0.25) is 0 Å². The zero-order valence-electron chi connectivity index (χ0n) is 15.7. The number of benzene rings is 1. The van der Waals surface area contributed by atoms with Crippen LogP contribution in [0.15, 0.2) is 47.5 Å². The highest BCUT2D eigenvalue weighted by Gasteiger charge is 2.25. The summed E-state index contributed by atoms with van der Waals surface area (Å²) in [6, 6.07) is 8.85. The third-order valence-electron chi connectivity index (χ3n) is 4.18. The summed E-state index contributed by atoms with van der Waals surface area (Å²) < 4.78 is 7.26. The predicted octanol–water partition coefficient (Wildman–Crippen LogP) is 1.31. The first-order chi connectivity index (χ1) is 14.1. The molecule has 10 heteroatoms. The minimum Gasteiger partial charge on any atom is -0.432 e. The fourth-order valence-corrected chi connectivity index (χ4v) is 2.72. The van der Waals surface area contributed by atoms with Crippen molar-refractivity contribution in [3.63, 3.8) is 0 Å². The summed E-state index contributed by atoms with van der Waals surface area (Å²) in [6.07, 6.45) is 7.52. The van der Waals surface area contributed by atoms with Crippen molar-refractivity contribution >= 4 is 5.91 Å². The minimum absolute atomic E-state index is 0.0298. The standard InChI is InChI=1S/C16H13N5O2.C3H5N3/c17-7-11-2-1-3-12(6-11)14-8-19-16(23-14)15(22)20-13-4-5-21(9-13)10-18;1-6-2-4-5-3-6/h1-3,6,8,13H,4-5,9H2,(H,20,22);2-3H,1H3. The molecule has 1 N–H and O–H groups in total. The normalized spacial score (nSPS) is 15.0. The Morgan fingerprint density at radius 1 is 1.31 bits per heavy atom. The molecule has 1 saturated heterocycles. The molecule has 146 valence electrons. The Kier molecular flexibility index (Phi) is 6.18. The molecule has 0 saturated carbocycles. The molecule has 0 aliphatic carbocycles. The molecule has 3 aromatic rings. The molecule has 1 atom stereocenters. The molecule has 2 aromatic heterocycles. The number of nitriles is 2. The van der Waals surface area contributed by atoms with Gasteiger partial charge < -0.3 is 19.2 Å². The van der Waals surface area contributed by atoms with E-state index in [-0.39, 0.29) is 11.9 Å². The highest BCUT2D eigenvalue weighted by Crippen LogP contribution is 2.21. The van der Waals surface area contributed by atoms with Crippen LogP contribution in [-0.4, -0.2) is 49.7 Å². The molecular formula is C19H18N8O2. The second-order valence-electron chi connectivity index (χ2n) is 6.35. The van der Waals surface area contributed by atoms with Gasteiger partial charge >= 0.3 is 5.91 Å². The molecule has 29 heavy (non-hydrogen) atoms. The Bertz CT molecular complexity index is 1040. The van der Waals surface area contributed by atoms with E-state index < -0.39 is 5.91 Å². The van der Waals surface area contributed by atoms with Crippen molar-refractivity contribution in [3.8, 4) is 23.6 Å². The van der Waals surface area contributed by atoms with Crippen LogP contribution in [0.25, 0.3) is 11.3 Å². The topological polar surface area (TPSA) is 137 Å². The molecule has 1 aliphatic heterocycles. The van der Waals surface area contributed by atoms with Gasteiger partial charge in [-0.05, 0) is 18.6 Å². The van der Waals surface area contributed by atoms with E-state index in [1.807, 2.05) is 7.05 Å². The van der Waals surface area contributed by atoms with E-state index >= 15 is 0 Å². The number of nitrogens with one attached hydrogen (secondary N) is 1. The summed E-state index contributed by atoms with van der Waals surface area (Å²) in [7, 11) is 1.88. The summed E-state index contributed by atoms with van der Waals surface area (Å²) in [6.45, 7) is 1.14. The van der Waals surface area contributed by atoms with Gasteiger partial charge in [0.1, 0.15) is 12.7 Å². The van der Waals surface area contributed by atoms with E-state index in [1.54, 1.807) is 46.4 Å². The van der Waals surface area contributed by atoms with Gasteiger partial charge in [-0.25, -0.2) is 4.98 Å². The summed E-state index contributed by atoms with van der Waals surface area (Å²) in [5, 5.41) is 27.6. The number of hydrogen-bond acceptors (Lipinski definition) is 8. The lowest BCUT2D eigenvalue weighted by Gasteiger charge is -2.10. The van der Waals surface area contributed by atoms with Gasteiger partial charge in [0.25, 0.3) is 5.89 Å². The molecule has 10 nitrogen and oxygen atoms in total. The summed E-state index contributed by atoms with van der Waals surface area (Å²) in [5.41, 5.74) is 1.19. The lowest BCUT2D eigenvalue weighted by Crippen LogP contribution is -2.36. The van der Waals surface area contributed by atoms with Gasteiger partial charge in [0.05, 0.1) is 17.8 Å². The van der Waals surface area contributed by atoms with Gasteiger partial charge in [0.2, 0.25) is 0 Å². The van der Waals surface area contributed by atoms with Gasteiger partial charge in [0.15, 0.2) is 12.0 Å². The number of amides is 1. The van der Waals surface area contributed by atoms with Crippen LogP contribution in [0.1, 0.15) is 22.7 Å². The Morgan fingerprint density at radius 2 is 2.10 bits per heavy atom. The first-order valence-corrected chi connectivity index (χ1v) is 8.79. The summed E-state index contributed by atoms with van der Waals surface area (Å²) in [5.74, 6) is -0.00688. The van der Waals surface area contributed by atoms with E-state index in [1.165, 1.54) is 6.20 Å². The zero-order valence-corrected chi connectivity index (χ0v) is 15.7. The summed E-state index contributed by atoms with van der Waals surface area (Å²) in [4.78, 5) is 17.7. The van der Waals surface area contributed by atoms with Crippen LogP contribution >= 0.6 is 0 Å². The second-order valence-corrected chi connectivity index (χ2v) is 6.35. The van der Waals surface area contributed by atoms with Gasteiger partial charge in [-0.2, -0.15) is 10.5 Å². The number of likely N-dealkylation sites (tertiary alicyclic amines) is 1. The van der Waals surface area contributed by atoms with Crippen LogP contribution in [-0.2, 0) is 7.05 Å². The van der Waals surface area contributed by atoms with Gasteiger partial charge in [0, 0.05) is 31.7 Å². The molecular weight excluding hydrogens is 372 g/mol. The lowest BCUT2D eigenvalue weighted by atomic mass is 10.1. The van der Waals surface area contributed by atoms with Crippen LogP contribution in [0.4, 0.5) is 0 Å². The molecule has 3 heterocycles. The maximum Gasteiger partial charge on any atom is 0.307 e. The molecule has 0 bridgehead atoms. The molecule has 1 aliphatic rings. The highest BCUT2D eigenvalue weighted by molar-refractivity contribution is 5.90. The average molecular weight is 390 g/mol. The fourth-order valence-electron chi connectivity index (χ4n) is 2.72. The van der Waals surface area contributed by atoms with Crippen molar-refractivity contribution in [1.29, 1.82) is 10.5 Å². The van der Waals surface area contributed by atoms with Crippen molar-refractivity contribution < 1.29 is 9.21 Å². The monoisotopic (exact) mass is 390 g/mol. The maximum absolute atomic E-state index is 12.1. The van der Waals surface area contributed by atoms with Crippen molar-refractivity contribution in [2.24, 2.45) is 7.05 Å². The van der Waals surface area contributed by atoms with E-state index in [0.717, 1.165) is 6.42 Å². The van der Waals surface area contributed by atoms with Crippen molar-refractivity contribution in [2.75, 3.05) is 13.1 Å². The third kappa shape index (κ3) is 5.17. The lowest BCUT2D eigenvalue weighted by molar-refractivity contribution is 0.0904. The number of carbonyl (C=O) groups is 1.